The summed E-state index contributed by atoms with van der Waals surface area (Å²) in [5.41, 5.74) is 5.94. The Morgan fingerprint density at radius 2 is 1.68 bits per heavy atom. The van der Waals surface area contributed by atoms with Crippen LogP contribution in [0, 0.1) is 11.2 Å². The molecule has 0 atom stereocenters. The van der Waals surface area contributed by atoms with Crippen molar-refractivity contribution in [1.82, 2.24) is 34.9 Å². The van der Waals surface area contributed by atoms with E-state index in [0.717, 1.165) is 39.4 Å². The summed E-state index contributed by atoms with van der Waals surface area (Å²) in [6.45, 7) is 5.49. The fraction of sp³-hybridized carbons (Fsp3) is 0.194. The number of carbonyl (C=O) groups excluding carboxylic acids is 1. The fourth-order valence-corrected chi connectivity index (χ4v) is 5.21. The van der Waals surface area contributed by atoms with Gasteiger partial charge in [0.25, 0.3) is 0 Å². The monoisotopic (exact) mass is 612 g/mol. The second kappa shape index (κ2) is 10.9. The Kier molecular flexibility index (Phi) is 7.22. The number of nitrogens with one attached hydrogen (secondary N) is 4. The highest BCUT2D eigenvalue weighted by Crippen LogP contribution is 2.35. The van der Waals surface area contributed by atoms with E-state index in [1.807, 2.05) is 39.0 Å². The van der Waals surface area contributed by atoms with Crippen LogP contribution >= 0.6 is 0 Å². The van der Waals surface area contributed by atoms with E-state index < -0.39 is 21.3 Å². The number of aromatic amines is 2. The molecule has 4 N–H and O–H groups in total. The number of aromatic nitrogens is 6. The van der Waals surface area contributed by atoms with Gasteiger partial charge >= 0.3 is 0 Å². The maximum atomic E-state index is 14.6. The predicted molar refractivity (Wildman–Crippen MR) is 167 cm³/mol. The molecule has 0 bridgehead atoms. The van der Waals surface area contributed by atoms with Crippen molar-refractivity contribution < 1.29 is 17.6 Å². The molecule has 1 amide bonds. The number of nitrogens with zero attached hydrogens (tertiary/aromatic N) is 4. The summed E-state index contributed by atoms with van der Waals surface area (Å²) >= 11 is 0. The quantitative estimate of drug-likeness (QED) is 0.188. The zero-order valence-electron chi connectivity index (χ0n) is 24.4. The SMILES string of the molecule is CC(C)(C)C(=O)Nc1cncc(-c2cnc3n[nH]c(-c4cc5c(-c6cc(F)cc(CNS(C)(=O)=O)c6)cncc5[nH]4)c3c2)c1. The average molecular weight is 613 g/mol. The molecule has 6 rings (SSSR count). The minimum absolute atomic E-state index is 0.0394. The van der Waals surface area contributed by atoms with Crippen molar-refractivity contribution in [3.63, 3.8) is 0 Å². The summed E-state index contributed by atoms with van der Waals surface area (Å²) in [5.74, 6) is -0.606. The van der Waals surface area contributed by atoms with Crippen LogP contribution in [0.3, 0.4) is 0 Å². The van der Waals surface area contributed by atoms with Crippen LogP contribution in [0.2, 0.25) is 0 Å². The van der Waals surface area contributed by atoms with Gasteiger partial charge < -0.3 is 10.3 Å². The molecule has 0 saturated carbocycles. The second-order valence-corrected chi connectivity index (χ2v) is 13.5. The van der Waals surface area contributed by atoms with Crippen LogP contribution in [0.25, 0.3) is 55.6 Å². The van der Waals surface area contributed by atoms with Gasteiger partial charge in [-0.2, -0.15) is 5.10 Å². The van der Waals surface area contributed by atoms with Crippen molar-refractivity contribution in [2.45, 2.75) is 27.3 Å². The van der Waals surface area contributed by atoms with Gasteiger partial charge in [-0.3, -0.25) is 19.9 Å². The summed E-state index contributed by atoms with van der Waals surface area (Å²) < 4.78 is 40.1. The lowest BCUT2D eigenvalue weighted by molar-refractivity contribution is -0.123. The number of sulfonamides is 1. The lowest BCUT2D eigenvalue weighted by Crippen LogP contribution is -2.27. The van der Waals surface area contributed by atoms with Gasteiger partial charge in [-0.25, -0.2) is 22.5 Å². The van der Waals surface area contributed by atoms with Crippen molar-refractivity contribution in [2.75, 3.05) is 11.6 Å². The number of H-pyrrole nitrogens is 2. The number of fused-ring (bicyclic) bond motifs is 2. The highest BCUT2D eigenvalue weighted by molar-refractivity contribution is 7.88. The Bertz CT molecular complexity index is 2170. The third kappa shape index (κ3) is 6.05. The third-order valence-electron chi connectivity index (χ3n) is 7.04. The number of amides is 1. The van der Waals surface area contributed by atoms with Gasteiger partial charge in [0.1, 0.15) is 5.82 Å². The number of hydrogen-bond donors (Lipinski definition) is 4. The van der Waals surface area contributed by atoms with Crippen LogP contribution in [-0.4, -0.2) is 50.7 Å². The molecule has 6 aromatic rings. The van der Waals surface area contributed by atoms with E-state index >= 15 is 0 Å². The lowest BCUT2D eigenvalue weighted by atomic mass is 9.95. The lowest BCUT2D eigenvalue weighted by Gasteiger charge is -2.17. The largest absolute Gasteiger partial charge is 0.352 e. The minimum Gasteiger partial charge on any atom is -0.352 e. The Morgan fingerprint density at radius 1 is 0.909 bits per heavy atom. The van der Waals surface area contributed by atoms with Crippen LogP contribution in [0.5, 0.6) is 0 Å². The van der Waals surface area contributed by atoms with Gasteiger partial charge in [0.05, 0.1) is 41.2 Å². The molecule has 224 valence electrons. The summed E-state index contributed by atoms with van der Waals surface area (Å²) in [6.07, 6.45) is 9.38. The van der Waals surface area contributed by atoms with E-state index in [4.69, 9.17) is 0 Å². The molecule has 11 nitrogen and oxygen atoms in total. The van der Waals surface area contributed by atoms with Gasteiger partial charge in [0, 0.05) is 58.0 Å². The topological polar surface area (TPSA) is 158 Å². The molecule has 13 heteroatoms. The average Bonchev–Trinajstić information content (AvgIpc) is 3.59. The Hall–Kier alpha value is -5.01. The minimum atomic E-state index is -3.44. The highest BCUT2D eigenvalue weighted by atomic mass is 32.2. The van der Waals surface area contributed by atoms with Gasteiger partial charge in [-0.05, 0) is 47.5 Å². The maximum Gasteiger partial charge on any atom is 0.229 e. The number of carbonyl (C=O) groups is 1. The molecule has 5 aromatic heterocycles. The van der Waals surface area contributed by atoms with Gasteiger partial charge in [0.15, 0.2) is 5.65 Å². The maximum absolute atomic E-state index is 14.6. The van der Waals surface area contributed by atoms with E-state index in [1.165, 1.54) is 12.1 Å². The molecule has 0 aliphatic carbocycles. The number of anilines is 1. The predicted octanol–water partition coefficient (Wildman–Crippen LogP) is 5.40. The van der Waals surface area contributed by atoms with Crippen LogP contribution in [0.15, 0.2) is 67.4 Å². The van der Waals surface area contributed by atoms with Crippen molar-refractivity contribution in [1.29, 1.82) is 0 Å². The molecule has 1 aromatic carbocycles. The van der Waals surface area contributed by atoms with Crippen LogP contribution in [0.1, 0.15) is 26.3 Å². The van der Waals surface area contributed by atoms with Crippen LogP contribution < -0.4 is 10.0 Å². The summed E-state index contributed by atoms with van der Waals surface area (Å²) in [4.78, 5) is 29.1. The number of benzene rings is 1. The molecule has 0 spiro atoms. The first-order chi connectivity index (χ1) is 20.8. The van der Waals surface area contributed by atoms with Gasteiger partial charge in [-0.1, -0.05) is 20.8 Å². The summed E-state index contributed by atoms with van der Waals surface area (Å²) in [5, 5.41) is 11.9. The van der Waals surface area contributed by atoms with E-state index in [2.05, 4.69) is 40.2 Å². The number of halogens is 1. The zero-order valence-corrected chi connectivity index (χ0v) is 25.2. The van der Waals surface area contributed by atoms with E-state index in [0.29, 0.717) is 33.7 Å². The molecular weight excluding hydrogens is 583 g/mol. The molecule has 5 heterocycles. The molecule has 0 aliphatic rings. The number of rotatable bonds is 7. The molecule has 0 aliphatic heterocycles. The molecule has 44 heavy (non-hydrogen) atoms. The van der Waals surface area contributed by atoms with Crippen molar-refractivity contribution in [3.8, 4) is 33.6 Å². The Morgan fingerprint density at radius 3 is 2.45 bits per heavy atom. The van der Waals surface area contributed by atoms with Crippen LogP contribution in [-0.2, 0) is 21.4 Å². The molecule has 0 fully saturated rings. The first-order valence-corrected chi connectivity index (χ1v) is 15.6. The van der Waals surface area contributed by atoms with Crippen molar-refractivity contribution in [3.05, 3.63) is 78.8 Å². The summed E-state index contributed by atoms with van der Waals surface area (Å²) in [7, 11) is -3.44. The van der Waals surface area contributed by atoms with Crippen molar-refractivity contribution in [2.24, 2.45) is 5.41 Å². The van der Waals surface area contributed by atoms with Gasteiger partial charge in [0.2, 0.25) is 15.9 Å². The van der Waals surface area contributed by atoms with Crippen LogP contribution in [0.4, 0.5) is 10.1 Å². The highest BCUT2D eigenvalue weighted by Gasteiger charge is 2.21. The number of pyridine rings is 3. The normalized spacial score (nSPS) is 12.2. The van der Waals surface area contributed by atoms with Crippen molar-refractivity contribution >= 4 is 43.6 Å². The standard InChI is InChI=1S/C31H29FN8O3S/c1-31(2,3)30(41)37-22-8-19(12-33-14-22)20-9-24-28(39-40-29(24)35-13-20)26-10-23-25(15-34-16-27(23)38-26)18-5-17(6-21(32)7-18)11-36-44(4,42)43/h5-10,12-16,36,38H,11H2,1-4H3,(H,37,41)(H,35,39,40). The molecule has 0 saturated heterocycles. The summed E-state index contributed by atoms with van der Waals surface area (Å²) in [6, 6.07) is 10.1. The molecule has 0 radical (unpaired) electrons. The second-order valence-electron chi connectivity index (χ2n) is 11.6. The molecule has 0 unspecified atom stereocenters. The first kappa shape index (κ1) is 29.1. The first-order valence-electron chi connectivity index (χ1n) is 13.7. The van der Waals surface area contributed by atoms with E-state index in [1.54, 1.807) is 37.1 Å². The van der Waals surface area contributed by atoms with E-state index in [-0.39, 0.29) is 12.5 Å². The third-order valence-corrected chi connectivity index (χ3v) is 7.71. The van der Waals surface area contributed by atoms with E-state index in [9.17, 15) is 17.6 Å². The molecular formula is C31H29FN8O3S. The van der Waals surface area contributed by atoms with Gasteiger partial charge in [-0.15, -0.1) is 0 Å². The smallest absolute Gasteiger partial charge is 0.229 e. The number of hydrogen-bond acceptors (Lipinski definition) is 7. The Labute approximate surface area is 252 Å². The fourth-order valence-electron chi connectivity index (χ4n) is 4.79. The Balaban J connectivity index is 1.37. The zero-order chi connectivity index (χ0) is 31.2.